The molecule has 13 heavy (non-hydrogen) atoms. The van der Waals surface area contributed by atoms with E-state index in [0.29, 0.717) is 24.6 Å². The molecule has 0 saturated heterocycles. The van der Waals surface area contributed by atoms with E-state index in [2.05, 4.69) is 26.1 Å². The van der Waals surface area contributed by atoms with E-state index >= 15 is 0 Å². The summed E-state index contributed by atoms with van der Waals surface area (Å²) in [4.78, 5) is 0. The fraction of sp³-hybridized carbons (Fsp3) is 1.00. The highest BCUT2D eigenvalue weighted by Gasteiger charge is 2.29. The second kappa shape index (κ2) is 4.97. The van der Waals surface area contributed by atoms with E-state index in [1.54, 1.807) is 0 Å². The molecule has 1 aliphatic carbocycles. The Morgan fingerprint density at radius 1 is 1.38 bits per heavy atom. The van der Waals surface area contributed by atoms with Crippen molar-refractivity contribution in [1.29, 1.82) is 0 Å². The summed E-state index contributed by atoms with van der Waals surface area (Å²) in [6, 6.07) is 1.33. The zero-order valence-electron chi connectivity index (χ0n) is 9.09. The van der Waals surface area contributed by atoms with Crippen LogP contribution in [0, 0.1) is 11.8 Å². The van der Waals surface area contributed by atoms with Crippen LogP contribution in [0.15, 0.2) is 0 Å². The van der Waals surface area contributed by atoms with Gasteiger partial charge in [-0.25, -0.2) is 0 Å². The number of aliphatic hydroxyl groups is 1. The van der Waals surface area contributed by atoms with Crippen LogP contribution in [0.5, 0.6) is 0 Å². The van der Waals surface area contributed by atoms with Crippen molar-refractivity contribution in [2.45, 2.75) is 52.1 Å². The monoisotopic (exact) mass is 185 g/mol. The summed E-state index contributed by atoms with van der Waals surface area (Å²) in [7, 11) is 0. The first-order valence-electron chi connectivity index (χ1n) is 5.54. The summed E-state index contributed by atoms with van der Waals surface area (Å²) in [5.41, 5.74) is 0. The normalized spacial score (nSPS) is 30.2. The van der Waals surface area contributed by atoms with Crippen molar-refractivity contribution in [2.24, 2.45) is 11.8 Å². The van der Waals surface area contributed by atoms with E-state index in [0.717, 1.165) is 5.92 Å². The van der Waals surface area contributed by atoms with Crippen LogP contribution in [0.4, 0.5) is 0 Å². The predicted molar refractivity (Wildman–Crippen MR) is 55.7 cm³/mol. The lowest BCUT2D eigenvalue weighted by atomic mass is 9.80. The minimum atomic E-state index is 0.372. The maximum Gasteiger partial charge on any atom is 0.0460 e. The summed E-state index contributed by atoms with van der Waals surface area (Å²) in [6.45, 7) is 7.14. The van der Waals surface area contributed by atoms with Gasteiger partial charge in [-0.05, 0) is 31.1 Å². The molecule has 0 radical (unpaired) electrons. The maximum atomic E-state index is 8.88. The Hall–Kier alpha value is -0.0800. The molecule has 1 aliphatic rings. The first-order valence-corrected chi connectivity index (χ1v) is 5.54. The molecule has 1 rings (SSSR count). The van der Waals surface area contributed by atoms with Crippen LogP contribution in [-0.2, 0) is 0 Å². The largest absolute Gasteiger partial charge is 0.396 e. The Labute approximate surface area is 81.7 Å². The number of nitrogens with one attached hydrogen (secondary N) is 1. The van der Waals surface area contributed by atoms with Crippen LogP contribution < -0.4 is 5.32 Å². The van der Waals surface area contributed by atoms with Gasteiger partial charge in [-0.3, -0.25) is 0 Å². The molecule has 1 unspecified atom stereocenters. The summed E-state index contributed by atoms with van der Waals surface area (Å²) < 4.78 is 0. The average molecular weight is 185 g/mol. The maximum absolute atomic E-state index is 8.88. The van der Waals surface area contributed by atoms with Crippen LogP contribution in [0.2, 0.25) is 0 Å². The molecule has 0 spiro atoms. The molecule has 2 heteroatoms. The Bertz CT molecular complexity index is 141. The fourth-order valence-electron chi connectivity index (χ4n) is 2.11. The van der Waals surface area contributed by atoms with Crippen molar-refractivity contribution >= 4 is 0 Å². The van der Waals surface area contributed by atoms with E-state index in [1.807, 2.05) is 0 Å². The first kappa shape index (κ1) is 11.0. The Morgan fingerprint density at radius 3 is 2.38 bits per heavy atom. The zero-order chi connectivity index (χ0) is 9.84. The quantitative estimate of drug-likeness (QED) is 0.684. The van der Waals surface area contributed by atoms with Crippen LogP contribution in [0.1, 0.15) is 40.0 Å². The highest BCUT2D eigenvalue weighted by Crippen LogP contribution is 2.27. The fourth-order valence-corrected chi connectivity index (χ4v) is 2.11. The van der Waals surface area contributed by atoms with Crippen molar-refractivity contribution < 1.29 is 5.11 Å². The summed E-state index contributed by atoms with van der Waals surface area (Å²) >= 11 is 0. The van der Waals surface area contributed by atoms with Crippen molar-refractivity contribution in [3.05, 3.63) is 0 Å². The van der Waals surface area contributed by atoms with Gasteiger partial charge in [0, 0.05) is 18.7 Å². The van der Waals surface area contributed by atoms with Crippen LogP contribution in [0.25, 0.3) is 0 Å². The summed E-state index contributed by atoms with van der Waals surface area (Å²) in [6.07, 6.45) is 3.54. The molecule has 0 amide bonds. The van der Waals surface area contributed by atoms with Gasteiger partial charge in [0.2, 0.25) is 0 Å². The standard InChI is InChI=1S/C11H23NO/c1-4-11(8(2)3)12-10-5-9(6-10)7-13/h8-13H,4-7H2,1-3H3. The Kier molecular flexibility index (Phi) is 4.20. The molecule has 1 atom stereocenters. The second-order valence-corrected chi connectivity index (χ2v) is 4.64. The van der Waals surface area contributed by atoms with Crippen LogP contribution in [0.3, 0.4) is 0 Å². The molecule has 2 N–H and O–H groups in total. The molecule has 2 nitrogen and oxygen atoms in total. The van der Waals surface area contributed by atoms with Gasteiger partial charge in [0.1, 0.15) is 0 Å². The molecule has 78 valence electrons. The topological polar surface area (TPSA) is 32.3 Å². The molecule has 0 heterocycles. The molecule has 0 aromatic rings. The highest BCUT2D eigenvalue weighted by molar-refractivity contribution is 4.87. The number of rotatable bonds is 5. The van der Waals surface area contributed by atoms with E-state index in [1.165, 1.54) is 19.3 Å². The minimum Gasteiger partial charge on any atom is -0.396 e. The van der Waals surface area contributed by atoms with Crippen molar-refractivity contribution in [3.63, 3.8) is 0 Å². The lowest BCUT2D eigenvalue weighted by Crippen LogP contribution is -2.48. The van der Waals surface area contributed by atoms with Crippen molar-refractivity contribution in [2.75, 3.05) is 6.61 Å². The Morgan fingerprint density at radius 2 is 2.00 bits per heavy atom. The van der Waals surface area contributed by atoms with Gasteiger partial charge in [-0.15, -0.1) is 0 Å². The smallest absolute Gasteiger partial charge is 0.0460 e. The lowest BCUT2D eigenvalue weighted by molar-refractivity contribution is 0.115. The van der Waals surface area contributed by atoms with Gasteiger partial charge in [0.05, 0.1) is 0 Å². The summed E-state index contributed by atoms with van der Waals surface area (Å²) in [5, 5.41) is 12.5. The van der Waals surface area contributed by atoms with Crippen LogP contribution in [-0.4, -0.2) is 23.8 Å². The molecule has 0 aromatic carbocycles. The third-order valence-corrected chi connectivity index (χ3v) is 3.19. The van der Waals surface area contributed by atoms with E-state index in [-0.39, 0.29) is 0 Å². The summed E-state index contributed by atoms with van der Waals surface area (Å²) in [5.74, 6) is 1.29. The zero-order valence-corrected chi connectivity index (χ0v) is 9.09. The van der Waals surface area contributed by atoms with Gasteiger partial charge in [0.15, 0.2) is 0 Å². The molecule has 0 aliphatic heterocycles. The number of hydrogen-bond donors (Lipinski definition) is 2. The average Bonchev–Trinajstić information content (AvgIpc) is 2.02. The molecular formula is C11H23NO. The van der Waals surface area contributed by atoms with Crippen molar-refractivity contribution in [3.8, 4) is 0 Å². The van der Waals surface area contributed by atoms with Gasteiger partial charge in [-0.2, -0.15) is 0 Å². The number of aliphatic hydroxyl groups excluding tert-OH is 1. The molecule has 0 aromatic heterocycles. The van der Waals surface area contributed by atoms with Gasteiger partial charge >= 0.3 is 0 Å². The van der Waals surface area contributed by atoms with Crippen molar-refractivity contribution in [1.82, 2.24) is 5.32 Å². The third-order valence-electron chi connectivity index (χ3n) is 3.19. The minimum absolute atomic E-state index is 0.372. The first-order chi connectivity index (χ1) is 6.17. The molecule has 1 saturated carbocycles. The van der Waals surface area contributed by atoms with Crippen LogP contribution >= 0.6 is 0 Å². The van der Waals surface area contributed by atoms with E-state index < -0.39 is 0 Å². The Balaban J connectivity index is 2.17. The highest BCUT2D eigenvalue weighted by atomic mass is 16.3. The lowest BCUT2D eigenvalue weighted by Gasteiger charge is -2.38. The SMILES string of the molecule is CCC(NC1CC(CO)C1)C(C)C. The number of hydrogen-bond acceptors (Lipinski definition) is 2. The second-order valence-electron chi connectivity index (χ2n) is 4.64. The van der Waals surface area contributed by atoms with Gasteiger partial charge in [-0.1, -0.05) is 20.8 Å². The molecule has 0 bridgehead atoms. The van der Waals surface area contributed by atoms with E-state index in [9.17, 15) is 0 Å². The third kappa shape index (κ3) is 2.96. The molecular weight excluding hydrogens is 162 g/mol. The predicted octanol–water partition coefficient (Wildman–Crippen LogP) is 1.78. The van der Waals surface area contributed by atoms with Gasteiger partial charge in [0.25, 0.3) is 0 Å². The van der Waals surface area contributed by atoms with Gasteiger partial charge < -0.3 is 10.4 Å². The van der Waals surface area contributed by atoms with E-state index in [4.69, 9.17) is 5.11 Å². The molecule has 1 fully saturated rings.